The minimum atomic E-state index is -0.0836. The van der Waals surface area contributed by atoms with Crippen LogP contribution in [0.25, 0.3) is 0 Å². The first-order chi connectivity index (χ1) is 10.7. The number of hydrogen-bond acceptors (Lipinski definition) is 3. The van der Waals surface area contributed by atoms with Crippen molar-refractivity contribution >= 4 is 24.2 Å². The van der Waals surface area contributed by atoms with Crippen molar-refractivity contribution < 1.29 is 9.59 Å². The highest BCUT2D eigenvalue weighted by Gasteiger charge is 2.21. The lowest BCUT2D eigenvalue weighted by atomic mass is 10.0. The molecule has 2 amide bonds. The van der Waals surface area contributed by atoms with Gasteiger partial charge in [-0.2, -0.15) is 0 Å². The second-order valence-corrected chi connectivity index (χ2v) is 5.71. The number of hydrogen-bond donors (Lipinski definition) is 2. The Bertz CT molecular complexity index is 490. The minimum absolute atomic E-state index is 0. The zero-order valence-electron chi connectivity index (χ0n) is 13.6. The molecular weight excluding hydrogens is 314 g/mol. The number of carbonyl (C=O) groups excluding carboxylic acids is 2. The third-order valence-corrected chi connectivity index (χ3v) is 4.14. The van der Waals surface area contributed by atoms with Crippen molar-refractivity contribution in [2.45, 2.75) is 31.7 Å². The summed E-state index contributed by atoms with van der Waals surface area (Å²) in [6, 6.07) is 9.48. The van der Waals surface area contributed by atoms with Crippen molar-refractivity contribution in [2.75, 3.05) is 26.7 Å². The molecule has 5 nitrogen and oxygen atoms in total. The van der Waals surface area contributed by atoms with Crippen LogP contribution in [0.5, 0.6) is 0 Å². The normalized spacial score (nSPS) is 14.7. The summed E-state index contributed by atoms with van der Waals surface area (Å²) in [6.45, 7) is 2.49. The maximum absolute atomic E-state index is 12.1. The number of carbonyl (C=O) groups is 2. The van der Waals surface area contributed by atoms with Gasteiger partial charge in [0, 0.05) is 31.6 Å². The lowest BCUT2D eigenvalue weighted by molar-refractivity contribution is -0.132. The Morgan fingerprint density at radius 1 is 1.22 bits per heavy atom. The van der Waals surface area contributed by atoms with Crippen molar-refractivity contribution in [1.29, 1.82) is 0 Å². The summed E-state index contributed by atoms with van der Waals surface area (Å²) >= 11 is 0. The second-order valence-electron chi connectivity index (χ2n) is 5.71. The van der Waals surface area contributed by atoms with Crippen LogP contribution in [0, 0.1) is 0 Å². The molecule has 23 heavy (non-hydrogen) atoms. The summed E-state index contributed by atoms with van der Waals surface area (Å²) in [6.07, 6.45) is 3.20. The molecule has 1 aromatic rings. The molecule has 0 spiro atoms. The van der Waals surface area contributed by atoms with Crippen LogP contribution in [0.4, 0.5) is 0 Å². The van der Waals surface area contributed by atoms with Crippen LogP contribution in [0.2, 0.25) is 0 Å². The fourth-order valence-corrected chi connectivity index (χ4v) is 2.71. The minimum Gasteiger partial charge on any atom is -0.352 e. The van der Waals surface area contributed by atoms with Crippen molar-refractivity contribution in [3.8, 4) is 0 Å². The molecule has 128 valence electrons. The Morgan fingerprint density at radius 3 is 2.52 bits per heavy atom. The Morgan fingerprint density at radius 2 is 1.87 bits per heavy atom. The molecule has 1 aliphatic rings. The Kier molecular flexibility index (Phi) is 8.66. The van der Waals surface area contributed by atoms with Gasteiger partial charge in [0.1, 0.15) is 0 Å². The quantitative estimate of drug-likeness (QED) is 0.777. The van der Waals surface area contributed by atoms with Crippen molar-refractivity contribution in [2.24, 2.45) is 0 Å². The molecule has 2 rings (SSSR count). The van der Waals surface area contributed by atoms with E-state index in [1.54, 1.807) is 12.1 Å². The average molecular weight is 340 g/mol. The molecule has 0 atom stereocenters. The highest BCUT2D eigenvalue weighted by atomic mass is 35.5. The van der Waals surface area contributed by atoms with Gasteiger partial charge in [0.25, 0.3) is 5.91 Å². The van der Waals surface area contributed by atoms with Gasteiger partial charge in [-0.25, -0.2) is 0 Å². The SMILES string of the molecule is CN(C(=O)CCCNC(=O)c1ccccc1)C1CCNCC1.Cl. The van der Waals surface area contributed by atoms with Crippen LogP contribution in [0.3, 0.4) is 0 Å². The molecule has 1 saturated heterocycles. The summed E-state index contributed by atoms with van der Waals surface area (Å²) < 4.78 is 0. The fourth-order valence-electron chi connectivity index (χ4n) is 2.71. The van der Waals surface area contributed by atoms with Gasteiger partial charge in [0.05, 0.1) is 0 Å². The number of nitrogens with one attached hydrogen (secondary N) is 2. The van der Waals surface area contributed by atoms with Gasteiger partial charge in [0.15, 0.2) is 0 Å². The summed E-state index contributed by atoms with van der Waals surface area (Å²) in [5.41, 5.74) is 0.653. The zero-order valence-corrected chi connectivity index (χ0v) is 14.4. The van der Waals surface area contributed by atoms with E-state index >= 15 is 0 Å². The number of nitrogens with zero attached hydrogens (tertiary/aromatic N) is 1. The maximum Gasteiger partial charge on any atom is 0.251 e. The Balaban J connectivity index is 0.00000264. The topological polar surface area (TPSA) is 61.4 Å². The van der Waals surface area contributed by atoms with Gasteiger partial charge >= 0.3 is 0 Å². The number of piperidine rings is 1. The molecule has 0 aliphatic carbocycles. The highest BCUT2D eigenvalue weighted by molar-refractivity contribution is 5.94. The summed E-state index contributed by atoms with van der Waals surface area (Å²) in [5, 5.41) is 6.16. The van der Waals surface area contributed by atoms with Crippen molar-refractivity contribution in [3.05, 3.63) is 35.9 Å². The molecule has 0 unspecified atom stereocenters. The molecule has 0 aromatic heterocycles. The predicted molar refractivity (Wildman–Crippen MR) is 93.9 cm³/mol. The Hall–Kier alpha value is -1.59. The van der Waals surface area contributed by atoms with Crippen LogP contribution in [0.1, 0.15) is 36.0 Å². The monoisotopic (exact) mass is 339 g/mol. The lowest BCUT2D eigenvalue weighted by Gasteiger charge is -2.31. The third-order valence-electron chi connectivity index (χ3n) is 4.14. The van der Waals surface area contributed by atoms with E-state index in [2.05, 4.69) is 10.6 Å². The van der Waals surface area contributed by atoms with Gasteiger partial charge in [-0.15, -0.1) is 12.4 Å². The predicted octanol–water partition coefficient (Wildman–Crippen LogP) is 1.83. The van der Waals surface area contributed by atoms with Gasteiger partial charge in [-0.3, -0.25) is 9.59 Å². The second kappa shape index (κ2) is 10.2. The smallest absolute Gasteiger partial charge is 0.251 e. The number of halogens is 1. The van der Waals surface area contributed by atoms with Crippen LogP contribution in [-0.2, 0) is 4.79 Å². The molecule has 2 N–H and O–H groups in total. The van der Waals surface area contributed by atoms with Crippen molar-refractivity contribution in [3.63, 3.8) is 0 Å². The first-order valence-electron chi connectivity index (χ1n) is 7.98. The molecule has 1 heterocycles. The first kappa shape index (κ1) is 19.5. The third kappa shape index (κ3) is 6.20. The lowest BCUT2D eigenvalue weighted by Crippen LogP contribution is -2.44. The fraction of sp³-hybridized carbons (Fsp3) is 0.529. The van der Waals surface area contributed by atoms with Gasteiger partial charge in [-0.05, 0) is 44.5 Å². The summed E-state index contributed by atoms with van der Waals surface area (Å²) in [4.78, 5) is 25.9. The summed E-state index contributed by atoms with van der Waals surface area (Å²) in [7, 11) is 1.89. The van der Waals surface area contributed by atoms with E-state index in [-0.39, 0.29) is 24.2 Å². The molecule has 1 aromatic carbocycles. The molecule has 0 bridgehead atoms. The molecule has 0 radical (unpaired) electrons. The maximum atomic E-state index is 12.1. The summed E-state index contributed by atoms with van der Waals surface area (Å²) in [5.74, 6) is 0.0839. The highest BCUT2D eigenvalue weighted by Crippen LogP contribution is 2.11. The molecule has 0 saturated carbocycles. The molecular formula is C17H26ClN3O2. The van der Waals surface area contributed by atoms with Crippen molar-refractivity contribution in [1.82, 2.24) is 15.5 Å². The first-order valence-corrected chi connectivity index (χ1v) is 7.98. The van der Waals surface area contributed by atoms with E-state index in [1.165, 1.54) is 0 Å². The van der Waals surface area contributed by atoms with E-state index in [4.69, 9.17) is 0 Å². The standard InChI is InChI=1S/C17H25N3O2.ClH/c1-20(15-9-12-18-13-10-15)16(21)8-5-11-19-17(22)14-6-3-2-4-7-14;/h2-4,6-7,15,18H,5,8-13H2,1H3,(H,19,22);1H. The van der Waals surface area contributed by atoms with E-state index in [9.17, 15) is 9.59 Å². The number of rotatable bonds is 6. The molecule has 1 fully saturated rings. The average Bonchev–Trinajstić information content (AvgIpc) is 2.59. The van der Waals surface area contributed by atoms with Crippen LogP contribution >= 0.6 is 12.4 Å². The van der Waals surface area contributed by atoms with Gasteiger partial charge < -0.3 is 15.5 Å². The van der Waals surface area contributed by atoms with Gasteiger partial charge in [-0.1, -0.05) is 18.2 Å². The molecule has 1 aliphatic heterocycles. The van der Waals surface area contributed by atoms with E-state index < -0.39 is 0 Å². The van der Waals surface area contributed by atoms with E-state index in [0.717, 1.165) is 25.9 Å². The van der Waals surface area contributed by atoms with Crippen LogP contribution in [0.15, 0.2) is 30.3 Å². The Labute approximate surface area is 144 Å². The molecule has 6 heteroatoms. The van der Waals surface area contributed by atoms with E-state index in [1.807, 2.05) is 30.1 Å². The zero-order chi connectivity index (χ0) is 15.8. The largest absolute Gasteiger partial charge is 0.352 e. The van der Waals surface area contributed by atoms with Crippen LogP contribution in [-0.4, -0.2) is 49.4 Å². The van der Waals surface area contributed by atoms with Gasteiger partial charge in [0.2, 0.25) is 5.91 Å². The van der Waals surface area contributed by atoms with E-state index in [0.29, 0.717) is 31.0 Å². The van der Waals surface area contributed by atoms with Crippen LogP contribution < -0.4 is 10.6 Å². The number of benzene rings is 1. The number of amides is 2.